The van der Waals surface area contributed by atoms with Gasteiger partial charge in [0.05, 0.1) is 5.92 Å². The van der Waals surface area contributed by atoms with Crippen LogP contribution in [0.1, 0.15) is 12.8 Å². The Morgan fingerprint density at radius 2 is 1.86 bits per heavy atom. The van der Waals surface area contributed by atoms with E-state index in [9.17, 15) is 13.2 Å². The van der Waals surface area contributed by atoms with Gasteiger partial charge >= 0.3 is 5.97 Å². The van der Waals surface area contributed by atoms with Crippen molar-refractivity contribution in [2.45, 2.75) is 17.7 Å². The van der Waals surface area contributed by atoms with Gasteiger partial charge in [0.15, 0.2) is 11.5 Å². The van der Waals surface area contributed by atoms with Crippen LogP contribution in [0.15, 0.2) is 23.1 Å². The van der Waals surface area contributed by atoms with Gasteiger partial charge in [0, 0.05) is 13.1 Å². The van der Waals surface area contributed by atoms with Gasteiger partial charge in [0.1, 0.15) is 18.1 Å². The van der Waals surface area contributed by atoms with Crippen LogP contribution < -0.4 is 9.47 Å². The molecule has 0 aromatic heterocycles. The normalized spacial score (nSPS) is 19.8. The van der Waals surface area contributed by atoms with Crippen molar-refractivity contribution in [2.24, 2.45) is 5.92 Å². The number of rotatable bonds is 3. The SMILES string of the molecule is O=C(O)C1CCN(S(=O)(=O)c2cccc3c2OCCO3)CC1. The number of ether oxygens (including phenoxy) is 2. The van der Waals surface area contributed by atoms with Crippen LogP contribution in [0.4, 0.5) is 0 Å². The zero-order valence-electron chi connectivity index (χ0n) is 11.9. The van der Waals surface area contributed by atoms with Crippen molar-refractivity contribution in [3.63, 3.8) is 0 Å². The lowest BCUT2D eigenvalue weighted by atomic mass is 9.99. The second-order valence-corrected chi connectivity index (χ2v) is 7.20. The van der Waals surface area contributed by atoms with Crippen LogP contribution in [0.2, 0.25) is 0 Å². The third kappa shape index (κ3) is 2.64. The number of carboxylic acids is 1. The molecule has 2 aliphatic rings. The highest BCUT2D eigenvalue weighted by Crippen LogP contribution is 2.38. The van der Waals surface area contributed by atoms with Crippen LogP contribution in [0.3, 0.4) is 0 Å². The number of benzene rings is 1. The Hall–Kier alpha value is -1.80. The third-order valence-corrected chi connectivity index (χ3v) is 5.87. The largest absolute Gasteiger partial charge is 0.486 e. The molecule has 3 rings (SSSR count). The second-order valence-electron chi connectivity index (χ2n) is 5.30. The molecule has 2 heterocycles. The maximum Gasteiger partial charge on any atom is 0.306 e. The summed E-state index contributed by atoms with van der Waals surface area (Å²) in [6.07, 6.45) is 0.641. The Labute approximate surface area is 128 Å². The molecule has 0 saturated carbocycles. The summed E-state index contributed by atoms with van der Waals surface area (Å²) in [5.41, 5.74) is 0. The Balaban J connectivity index is 1.87. The predicted octanol–water partition coefficient (Wildman–Crippen LogP) is 0.943. The molecule has 0 atom stereocenters. The molecule has 0 spiro atoms. The van der Waals surface area contributed by atoms with Gasteiger partial charge in [0.2, 0.25) is 10.0 Å². The van der Waals surface area contributed by atoms with Gasteiger partial charge in [-0.2, -0.15) is 4.31 Å². The lowest BCUT2D eigenvalue weighted by Crippen LogP contribution is -2.40. The average molecular weight is 327 g/mol. The number of sulfonamides is 1. The first-order valence-corrected chi connectivity index (χ1v) is 8.56. The van der Waals surface area contributed by atoms with Gasteiger partial charge in [-0.15, -0.1) is 0 Å². The minimum absolute atomic E-state index is 0.0819. The molecule has 120 valence electrons. The molecule has 0 aliphatic carbocycles. The molecule has 0 unspecified atom stereocenters. The topological polar surface area (TPSA) is 93.1 Å². The molecule has 0 bridgehead atoms. The van der Waals surface area contributed by atoms with E-state index in [0.29, 0.717) is 31.8 Å². The van der Waals surface area contributed by atoms with Crippen molar-refractivity contribution >= 4 is 16.0 Å². The van der Waals surface area contributed by atoms with Crippen molar-refractivity contribution in [1.29, 1.82) is 0 Å². The van der Waals surface area contributed by atoms with Gasteiger partial charge < -0.3 is 14.6 Å². The Morgan fingerprint density at radius 3 is 2.55 bits per heavy atom. The van der Waals surface area contributed by atoms with Gasteiger partial charge in [0.25, 0.3) is 0 Å². The lowest BCUT2D eigenvalue weighted by molar-refractivity contribution is -0.142. The van der Waals surface area contributed by atoms with Crippen LogP contribution in [0, 0.1) is 5.92 Å². The minimum Gasteiger partial charge on any atom is -0.486 e. The monoisotopic (exact) mass is 327 g/mol. The standard InChI is InChI=1S/C14H17NO6S/c16-14(17)10-4-6-15(7-5-10)22(18,19)12-3-1-2-11-13(12)21-9-8-20-11/h1-3,10H,4-9H2,(H,16,17). The fourth-order valence-electron chi connectivity index (χ4n) is 2.73. The Morgan fingerprint density at radius 1 is 1.18 bits per heavy atom. The second kappa shape index (κ2) is 5.77. The van der Waals surface area contributed by atoms with Gasteiger partial charge in [-0.05, 0) is 25.0 Å². The van der Waals surface area contributed by atoms with Crippen LogP contribution in [-0.2, 0) is 14.8 Å². The summed E-state index contributed by atoms with van der Waals surface area (Å²) in [7, 11) is -3.72. The van der Waals surface area contributed by atoms with Gasteiger partial charge in [-0.3, -0.25) is 4.79 Å². The molecule has 1 saturated heterocycles. The summed E-state index contributed by atoms with van der Waals surface area (Å²) >= 11 is 0. The maximum atomic E-state index is 12.8. The van der Waals surface area contributed by atoms with E-state index >= 15 is 0 Å². The first-order chi connectivity index (χ1) is 10.5. The quantitative estimate of drug-likeness (QED) is 0.888. The fraction of sp³-hybridized carbons (Fsp3) is 0.500. The van der Waals surface area contributed by atoms with Gasteiger partial charge in [-0.1, -0.05) is 6.07 Å². The van der Waals surface area contributed by atoms with Crippen molar-refractivity contribution in [3.8, 4) is 11.5 Å². The molecule has 1 N–H and O–H groups in total. The van der Waals surface area contributed by atoms with E-state index in [4.69, 9.17) is 14.6 Å². The van der Waals surface area contributed by atoms with Crippen molar-refractivity contribution in [3.05, 3.63) is 18.2 Å². The molecule has 1 fully saturated rings. The Kier molecular flexibility index (Phi) is 3.96. The predicted molar refractivity (Wildman–Crippen MR) is 76.6 cm³/mol. The number of piperidine rings is 1. The fourth-order valence-corrected chi connectivity index (χ4v) is 4.35. The number of nitrogens with zero attached hydrogens (tertiary/aromatic N) is 1. The van der Waals surface area contributed by atoms with Crippen molar-refractivity contribution in [2.75, 3.05) is 26.3 Å². The summed E-state index contributed by atoms with van der Waals surface area (Å²) < 4.78 is 37.8. The third-order valence-electron chi connectivity index (χ3n) is 3.95. The molecular weight excluding hydrogens is 310 g/mol. The molecule has 1 aromatic rings. The maximum absolute atomic E-state index is 12.8. The highest BCUT2D eigenvalue weighted by Gasteiger charge is 2.34. The molecule has 7 nitrogen and oxygen atoms in total. The number of hydrogen-bond donors (Lipinski definition) is 1. The number of aliphatic carboxylic acids is 1. The van der Waals surface area contributed by atoms with E-state index in [1.165, 1.54) is 10.4 Å². The van der Waals surface area contributed by atoms with E-state index < -0.39 is 21.9 Å². The highest BCUT2D eigenvalue weighted by molar-refractivity contribution is 7.89. The molecule has 1 aromatic carbocycles. The molecule has 0 amide bonds. The highest BCUT2D eigenvalue weighted by atomic mass is 32.2. The number of hydrogen-bond acceptors (Lipinski definition) is 5. The first kappa shape index (κ1) is 15.1. The molecule has 8 heteroatoms. The number of fused-ring (bicyclic) bond motifs is 1. The minimum atomic E-state index is -3.72. The van der Waals surface area contributed by atoms with Crippen LogP contribution in [-0.4, -0.2) is 50.1 Å². The summed E-state index contributed by atoms with van der Waals surface area (Å²) in [5, 5.41) is 9.00. The number of para-hydroxylation sites is 1. The van der Waals surface area contributed by atoms with Gasteiger partial charge in [-0.25, -0.2) is 8.42 Å². The van der Waals surface area contributed by atoms with Crippen LogP contribution in [0.25, 0.3) is 0 Å². The van der Waals surface area contributed by atoms with E-state index in [-0.39, 0.29) is 23.7 Å². The zero-order chi connectivity index (χ0) is 15.7. The summed E-state index contributed by atoms with van der Waals surface area (Å²) in [5.74, 6) is -0.677. The zero-order valence-corrected chi connectivity index (χ0v) is 12.7. The average Bonchev–Trinajstić information content (AvgIpc) is 2.54. The van der Waals surface area contributed by atoms with Crippen LogP contribution in [0.5, 0.6) is 11.5 Å². The van der Waals surface area contributed by atoms with E-state index in [0.717, 1.165) is 0 Å². The van der Waals surface area contributed by atoms with E-state index in [1.54, 1.807) is 12.1 Å². The summed E-state index contributed by atoms with van der Waals surface area (Å²) in [6, 6.07) is 4.78. The molecule has 22 heavy (non-hydrogen) atoms. The van der Waals surface area contributed by atoms with E-state index in [2.05, 4.69) is 0 Å². The molecule has 0 radical (unpaired) electrons. The van der Waals surface area contributed by atoms with Crippen molar-refractivity contribution < 1.29 is 27.8 Å². The van der Waals surface area contributed by atoms with Crippen molar-refractivity contribution in [1.82, 2.24) is 4.31 Å². The Bertz CT molecular complexity index is 679. The van der Waals surface area contributed by atoms with E-state index in [1.807, 2.05) is 0 Å². The van der Waals surface area contributed by atoms with Crippen LogP contribution >= 0.6 is 0 Å². The molecular formula is C14H17NO6S. The smallest absolute Gasteiger partial charge is 0.306 e. The number of carbonyl (C=O) groups is 1. The summed E-state index contributed by atoms with van der Waals surface area (Å²) in [6.45, 7) is 1.09. The molecule has 2 aliphatic heterocycles. The number of carboxylic acid groups (broad SMARTS) is 1. The summed E-state index contributed by atoms with van der Waals surface area (Å²) in [4.78, 5) is 11.0. The first-order valence-electron chi connectivity index (χ1n) is 7.12. The lowest BCUT2D eigenvalue weighted by Gasteiger charge is -2.30.